The molecule has 1 unspecified atom stereocenters. The monoisotopic (exact) mass is 547 g/mol. The third kappa shape index (κ3) is 12.3. The van der Waals surface area contributed by atoms with E-state index in [-0.39, 0.29) is 30.4 Å². The van der Waals surface area contributed by atoms with Crippen molar-refractivity contribution in [1.29, 1.82) is 0 Å². The van der Waals surface area contributed by atoms with E-state index in [9.17, 15) is 14.4 Å². The predicted octanol–water partition coefficient (Wildman–Crippen LogP) is 1.04. The Labute approximate surface area is 196 Å². The Hall–Kier alpha value is -2.25. The molecule has 11 heteroatoms. The van der Waals surface area contributed by atoms with Gasteiger partial charge in [0.15, 0.2) is 0 Å². The molecule has 31 heavy (non-hydrogen) atoms. The summed E-state index contributed by atoms with van der Waals surface area (Å²) in [6.45, 7) is 3.94. The van der Waals surface area contributed by atoms with Crippen LogP contribution in [-0.4, -0.2) is 56.3 Å². The maximum absolute atomic E-state index is 12.3. The van der Waals surface area contributed by atoms with E-state index in [0.717, 1.165) is 24.6 Å². The first-order valence-corrected chi connectivity index (χ1v) is 11.1. The van der Waals surface area contributed by atoms with Crippen LogP contribution in [0.2, 0.25) is 0 Å². The summed E-state index contributed by atoms with van der Waals surface area (Å²) in [5.41, 5.74) is 6.52. The minimum atomic E-state index is -0.385. The molecular formula is C20H30IN5O5. The van der Waals surface area contributed by atoms with Gasteiger partial charge in [-0.2, -0.15) is 0 Å². The van der Waals surface area contributed by atoms with Crippen LogP contribution in [0.1, 0.15) is 42.1 Å². The van der Waals surface area contributed by atoms with Gasteiger partial charge in [-0.1, -0.05) is 17.3 Å². The summed E-state index contributed by atoms with van der Waals surface area (Å²) >= 11 is 1.91. The first-order valence-electron chi connectivity index (χ1n) is 10.0. The van der Waals surface area contributed by atoms with Gasteiger partial charge in [0, 0.05) is 48.1 Å². The number of benzene rings is 1. The molecule has 0 aliphatic rings. The van der Waals surface area contributed by atoms with Crippen LogP contribution >= 0.6 is 22.9 Å². The van der Waals surface area contributed by atoms with Gasteiger partial charge in [-0.05, 0) is 43.9 Å². The summed E-state index contributed by atoms with van der Waals surface area (Å²) in [4.78, 5) is 40.1. The first kappa shape index (κ1) is 26.8. The molecule has 0 aliphatic carbocycles. The van der Waals surface area contributed by atoms with Crippen LogP contribution in [0.5, 0.6) is 0 Å². The van der Waals surface area contributed by atoms with E-state index in [4.69, 9.17) is 15.3 Å². The maximum Gasteiger partial charge on any atom is 0.265 e. The average Bonchev–Trinajstić information content (AvgIpc) is 2.76. The Kier molecular flexibility index (Phi) is 14.2. The summed E-state index contributed by atoms with van der Waals surface area (Å²) in [6, 6.07) is 6.60. The summed E-state index contributed by atoms with van der Waals surface area (Å²) in [5, 5.41) is 9.08. The van der Waals surface area contributed by atoms with E-state index in [1.807, 2.05) is 29.8 Å². The number of unbranched alkanes of at least 4 members (excludes halogenated alkanes) is 1. The zero-order valence-corrected chi connectivity index (χ0v) is 19.7. The van der Waals surface area contributed by atoms with Crippen LogP contribution in [0.15, 0.2) is 29.4 Å². The lowest BCUT2D eigenvalue weighted by molar-refractivity contribution is -0.119. The van der Waals surface area contributed by atoms with Crippen molar-refractivity contribution in [3.63, 3.8) is 0 Å². The number of carbonyl (C=O) groups is 3. The van der Waals surface area contributed by atoms with E-state index in [0.29, 0.717) is 38.3 Å². The minimum absolute atomic E-state index is 0.127. The number of nitrogens with zero attached hydrogens (tertiary/aromatic N) is 1. The van der Waals surface area contributed by atoms with Crippen molar-refractivity contribution in [2.24, 2.45) is 10.9 Å². The van der Waals surface area contributed by atoms with E-state index < -0.39 is 0 Å². The Morgan fingerprint density at radius 3 is 2.74 bits per heavy atom. The molecule has 3 amide bonds. The molecule has 0 saturated heterocycles. The van der Waals surface area contributed by atoms with E-state index in [2.05, 4.69) is 19.3 Å². The van der Waals surface area contributed by atoms with Gasteiger partial charge in [-0.25, -0.2) is 3.53 Å². The van der Waals surface area contributed by atoms with Crippen LogP contribution in [0.3, 0.4) is 0 Å². The molecule has 5 N–H and O–H groups in total. The maximum atomic E-state index is 12.3. The Balaban J connectivity index is 2.32. The number of nitrogens with two attached hydrogens (primary N) is 1. The third-order valence-corrected chi connectivity index (χ3v) is 4.85. The number of carbonyl (C=O) groups excluding carboxylic acids is 3. The smallest absolute Gasteiger partial charge is 0.265 e. The van der Waals surface area contributed by atoms with Crippen LogP contribution < -0.4 is 19.9 Å². The summed E-state index contributed by atoms with van der Waals surface area (Å²) in [6.07, 6.45) is 3.16. The number of hydrogen-bond donors (Lipinski definition) is 4. The van der Waals surface area contributed by atoms with Gasteiger partial charge in [0.25, 0.3) is 11.8 Å². The molecule has 0 aromatic heterocycles. The number of nitrogens with one attached hydrogen (secondary N) is 3. The highest BCUT2D eigenvalue weighted by molar-refractivity contribution is 14.1. The second-order valence-electron chi connectivity index (χ2n) is 6.51. The predicted molar refractivity (Wildman–Crippen MR) is 126 cm³/mol. The highest BCUT2D eigenvalue weighted by atomic mass is 127. The topological polar surface area (TPSA) is 144 Å². The van der Waals surface area contributed by atoms with Crippen LogP contribution in [0.25, 0.3) is 0 Å². The number of amides is 3. The fourth-order valence-electron chi connectivity index (χ4n) is 2.46. The standard InChI is InChI=1S/C20H30IN5O5/c1-2-30-11-10-23-18(27)13-25-31-14-15-6-5-7-16(12-15)20(29)24-9-4-3-8-17(26-21)19(22)28/h5-7,12-13,17,26H,2-4,8-11,14H2,1H3,(H2,22,28)(H,23,27)(H,24,29)/b25-13+. The van der Waals surface area contributed by atoms with Crippen molar-refractivity contribution < 1.29 is 24.0 Å². The lowest BCUT2D eigenvalue weighted by Gasteiger charge is -2.11. The molecule has 10 nitrogen and oxygen atoms in total. The van der Waals surface area contributed by atoms with Gasteiger partial charge in [0.2, 0.25) is 5.91 Å². The number of oxime groups is 1. The first-order chi connectivity index (χ1) is 15.0. The van der Waals surface area contributed by atoms with Crippen LogP contribution in [-0.2, 0) is 25.8 Å². The number of hydrogen-bond acceptors (Lipinski definition) is 7. The minimum Gasteiger partial charge on any atom is -0.391 e. The fourth-order valence-corrected chi connectivity index (χ4v) is 3.08. The lowest BCUT2D eigenvalue weighted by atomic mass is 10.1. The van der Waals surface area contributed by atoms with Gasteiger partial charge in [-0.15, -0.1) is 0 Å². The molecule has 0 bridgehead atoms. The SMILES string of the molecule is CCOCCNC(=O)/C=N/OCc1cccc(C(=O)NCCCCC(NI)C(N)=O)c1. The average molecular weight is 547 g/mol. The zero-order chi connectivity index (χ0) is 22.9. The fraction of sp³-hybridized carbons (Fsp3) is 0.500. The van der Waals surface area contributed by atoms with Crippen molar-refractivity contribution >= 4 is 46.8 Å². The molecule has 0 heterocycles. The van der Waals surface area contributed by atoms with Crippen molar-refractivity contribution in [2.75, 3.05) is 26.3 Å². The molecule has 0 radical (unpaired) electrons. The molecule has 1 rings (SSSR count). The van der Waals surface area contributed by atoms with Crippen LogP contribution in [0.4, 0.5) is 0 Å². The van der Waals surface area contributed by atoms with Crippen molar-refractivity contribution in [1.82, 2.24) is 14.2 Å². The van der Waals surface area contributed by atoms with E-state index >= 15 is 0 Å². The van der Waals surface area contributed by atoms with Gasteiger partial charge < -0.3 is 25.9 Å². The summed E-state index contributed by atoms with van der Waals surface area (Å²) in [7, 11) is 0. The van der Waals surface area contributed by atoms with E-state index in [1.165, 1.54) is 0 Å². The van der Waals surface area contributed by atoms with Gasteiger partial charge in [0.1, 0.15) is 12.8 Å². The lowest BCUT2D eigenvalue weighted by Crippen LogP contribution is -2.36. The molecule has 172 valence electrons. The highest BCUT2D eigenvalue weighted by Crippen LogP contribution is 2.07. The summed E-state index contributed by atoms with van der Waals surface area (Å²) < 4.78 is 7.95. The van der Waals surface area contributed by atoms with Crippen LogP contribution in [0, 0.1) is 0 Å². The summed E-state index contributed by atoms with van der Waals surface area (Å²) in [5.74, 6) is -0.953. The molecule has 0 saturated carbocycles. The molecule has 1 aromatic carbocycles. The number of rotatable bonds is 16. The highest BCUT2D eigenvalue weighted by Gasteiger charge is 2.12. The molecule has 0 spiro atoms. The number of primary amides is 1. The number of halogens is 1. The number of ether oxygens (including phenoxy) is 1. The van der Waals surface area contributed by atoms with Gasteiger partial charge >= 0.3 is 0 Å². The molecule has 1 aromatic rings. The largest absolute Gasteiger partial charge is 0.391 e. The van der Waals surface area contributed by atoms with Crippen molar-refractivity contribution in [3.8, 4) is 0 Å². The Bertz CT molecular complexity index is 732. The van der Waals surface area contributed by atoms with Gasteiger partial charge in [0.05, 0.1) is 12.6 Å². The zero-order valence-electron chi connectivity index (χ0n) is 17.6. The third-order valence-electron chi connectivity index (χ3n) is 4.09. The normalized spacial score (nSPS) is 11.8. The Morgan fingerprint density at radius 2 is 2.03 bits per heavy atom. The second-order valence-corrected chi connectivity index (χ2v) is 7.13. The quantitative estimate of drug-likeness (QED) is 0.0801. The van der Waals surface area contributed by atoms with Crippen molar-refractivity contribution in [2.45, 2.75) is 38.8 Å². The molecule has 0 fully saturated rings. The molecule has 1 atom stereocenters. The van der Waals surface area contributed by atoms with E-state index in [1.54, 1.807) is 24.3 Å². The van der Waals surface area contributed by atoms with Gasteiger partial charge in [-0.3, -0.25) is 14.4 Å². The molecular weight excluding hydrogens is 517 g/mol. The Morgan fingerprint density at radius 1 is 1.23 bits per heavy atom. The molecule has 0 aliphatic heterocycles. The van der Waals surface area contributed by atoms with Crippen molar-refractivity contribution in [3.05, 3.63) is 35.4 Å². The second kappa shape index (κ2) is 16.4.